The SMILES string of the molecule is Cc1cc2cc(CC(C)C)cc3c2c(c1C)-c1c(c(CC(C)(C)C)c2occc2[n+]1C)O3. The van der Waals surface area contributed by atoms with Crippen molar-refractivity contribution in [2.45, 2.75) is 61.3 Å². The topological polar surface area (TPSA) is 26.2 Å². The smallest absolute Gasteiger partial charge is 0.257 e. The molecule has 3 heterocycles. The summed E-state index contributed by atoms with van der Waals surface area (Å²) < 4.78 is 15.1. The molecule has 1 aliphatic heterocycles. The van der Waals surface area contributed by atoms with Crippen molar-refractivity contribution in [3.05, 3.63) is 52.8 Å². The monoisotopic (exact) mass is 428 g/mol. The van der Waals surface area contributed by atoms with Crippen molar-refractivity contribution in [1.29, 1.82) is 0 Å². The third kappa shape index (κ3) is 3.21. The van der Waals surface area contributed by atoms with Gasteiger partial charge in [-0.3, -0.25) is 0 Å². The Hall–Kier alpha value is -2.81. The van der Waals surface area contributed by atoms with Gasteiger partial charge in [0.05, 0.1) is 17.4 Å². The molecule has 4 aromatic rings. The molecular formula is C29H34NO2+. The number of hydrogen-bond acceptors (Lipinski definition) is 2. The largest absolute Gasteiger partial charge is 0.457 e. The van der Waals surface area contributed by atoms with E-state index in [2.05, 4.69) is 84.3 Å². The van der Waals surface area contributed by atoms with Crippen LogP contribution in [0.1, 0.15) is 56.9 Å². The second-order valence-electron chi connectivity index (χ2n) is 11.2. The summed E-state index contributed by atoms with van der Waals surface area (Å²) >= 11 is 0. The van der Waals surface area contributed by atoms with Gasteiger partial charge in [0, 0.05) is 11.5 Å². The lowest BCUT2D eigenvalue weighted by atomic mass is 9.84. The molecule has 2 aromatic carbocycles. The van der Waals surface area contributed by atoms with Crippen LogP contribution in [0.3, 0.4) is 0 Å². The maximum atomic E-state index is 6.82. The van der Waals surface area contributed by atoms with Gasteiger partial charge in [0.15, 0.2) is 0 Å². The number of aromatic nitrogens is 1. The van der Waals surface area contributed by atoms with Crippen LogP contribution < -0.4 is 9.30 Å². The Balaban J connectivity index is 1.92. The lowest BCUT2D eigenvalue weighted by molar-refractivity contribution is -0.634. The predicted molar refractivity (Wildman–Crippen MR) is 132 cm³/mol. The highest BCUT2D eigenvalue weighted by Crippen LogP contribution is 2.51. The van der Waals surface area contributed by atoms with Gasteiger partial charge in [-0.1, -0.05) is 46.8 Å². The molecule has 0 saturated carbocycles. The van der Waals surface area contributed by atoms with E-state index in [0.717, 1.165) is 41.1 Å². The fourth-order valence-corrected chi connectivity index (χ4v) is 5.27. The highest BCUT2D eigenvalue weighted by atomic mass is 16.5. The number of nitrogens with zero attached hydrogens (tertiary/aromatic N) is 1. The molecule has 0 unspecified atom stereocenters. The Bertz CT molecular complexity index is 1380. The maximum absolute atomic E-state index is 6.82. The first-order valence-electron chi connectivity index (χ1n) is 11.7. The van der Waals surface area contributed by atoms with Crippen LogP contribution in [0.15, 0.2) is 34.9 Å². The van der Waals surface area contributed by atoms with Crippen LogP contribution in [0.5, 0.6) is 11.5 Å². The van der Waals surface area contributed by atoms with Crippen molar-refractivity contribution < 1.29 is 13.7 Å². The minimum Gasteiger partial charge on any atom is -0.457 e. The average molecular weight is 429 g/mol. The zero-order valence-electron chi connectivity index (χ0n) is 20.6. The van der Waals surface area contributed by atoms with E-state index in [4.69, 9.17) is 9.15 Å². The van der Waals surface area contributed by atoms with Crippen molar-refractivity contribution >= 4 is 21.9 Å². The normalized spacial score (nSPS) is 13.2. The first kappa shape index (κ1) is 21.1. The zero-order valence-corrected chi connectivity index (χ0v) is 20.6. The molecule has 0 amide bonds. The molecule has 1 aliphatic rings. The Kier molecular flexibility index (Phi) is 4.67. The number of pyridine rings is 1. The van der Waals surface area contributed by atoms with Crippen LogP contribution in [0.4, 0.5) is 0 Å². The van der Waals surface area contributed by atoms with Crippen LogP contribution in [0.25, 0.3) is 33.1 Å². The molecule has 3 heteroatoms. The maximum Gasteiger partial charge on any atom is 0.257 e. The standard InChI is InChI=1S/C29H34NO2/c1-16(2)11-19-13-20-12-17(3)18(4)24-25(20)23(14-19)32-28-21(15-29(5,6)7)27-22(9-10-31-27)30(8)26(24)28/h9-10,12-14,16H,11,15H2,1-8H3/q+1. The Labute approximate surface area is 191 Å². The van der Waals surface area contributed by atoms with E-state index in [1.54, 1.807) is 6.26 Å². The molecule has 0 bridgehead atoms. The summed E-state index contributed by atoms with van der Waals surface area (Å²) in [6.07, 6.45) is 3.73. The zero-order chi connectivity index (χ0) is 22.9. The lowest BCUT2D eigenvalue weighted by Gasteiger charge is -2.26. The van der Waals surface area contributed by atoms with E-state index in [-0.39, 0.29) is 5.41 Å². The van der Waals surface area contributed by atoms with Crippen molar-refractivity contribution in [1.82, 2.24) is 0 Å². The van der Waals surface area contributed by atoms with Gasteiger partial charge in [-0.05, 0) is 66.2 Å². The van der Waals surface area contributed by atoms with E-state index in [0.29, 0.717) is 5.92 Å². The number of furan rings is 1. The van der Waals surface area contributed by atoms with Gasteiger partial charge in [0.1, 0.15) is 12.8 Å². The Morgan fingerprint density at radius 2 is 1.81 bits per heavy atom. The minimum atomic E-state index is 0.105. The molecule has 0 N–H and O–H groups in total. The number of fused-ring (bicyclic) bond motifs is 3. The molecule has 3 nitrogen and oxygen atoms in total. The van der Waals surface area contributed by atoms with Gasteiger partial charge >= 0.3 is 0 Å². The fraction of sp³-hybridized carbons (Fsp3) is 0.414. The Morgan fingerprint density at radius 3 is 2.50 bits per heavy atom. The number of rotatable bonds is 3. The van der Waals surface area contributed by atoms with Crippen LogP contribution in [-0.4, -0.2) is 0 Å². The first-order valence-corrected chi connectivity index (χ1v) is 11.7. The highest BCUT2D eigenvalue weighted by Gasteiger charge is 2.36. The molecule has 0 fully saturated rings. The van der Waals surface area contributed by atoms with E-state index < -0.39 is 0 Å². The molecule has 5 rings (SSSR count). The van der Waals surface area contributed by atoms with E-state index in [1.165, 1.54) is 38.6 Å². The second-order valence-corrected chi connectivity index (χ2v) is 11.2. The number of ether oxygens (including phenoxy) is 1. The summed E-state index contributed by atoms with van der Waals surface area (Å²) in [5, 5.41) is 2.50. The van der Waals surface area contributed by atoms with Crippen molar-refractivity contribution in [2.75, 3.05) is 0 Å². The summed E-state index contributed by atoms with van der Waals surface area (Å²) in [6, 6.07) is 9.01. The van der Waals surface area contributed by atoms with Crippen LogP contribution >= 0.6 is 0 Å². The lowest BCUT2D eigenvalue weighted by Crippen LogP contribution is -2.34. The quantitative estimate of drug-likeness (QED) is 0.277. The third-order valence-electron chi connectivity index (χ3n) is 6.69. The number of benzene rings is 2. The van der Waals surface area contributed by atoms with Gasteiger partial charge < -0.3 is 9.15 Å². The predicted octanol–water partition coefficient (Wildman–Crippen LogP) is 7.59. The van der Waals surface area contributed by atoms with Gasteiger partial charge in [-0.2, -0.15) is 4.57 Å². The fourth-order valence-electron chi connectivity index (χ4n) is 5.27. The minimum absolute atomic E-state index is 0.105. The van der Waals surface area contributed by atoms with E-state index in [1.807, 2.05) is 0 Å². The summed E-state index contributed by atoms with van der Waals surface area (Å²) in [6.45, 7) is 15.8. The van der Waals surface area contributed by atoms with E-state index in [9.17, 15) is 0 Å². The van der Waals surface area contributed by atoms with E-state index >= 15 is 0 Å². The summed E-state index contributed by atoms with van der Waals surface area (Å²) in [5.41, 5.74) is 9.75. The molecule has 0 saturated heterocycles. The van der Waals surface area contributed by atoms with Crippen molar-refractivity contribution in [2.24, 2.45) is 18.4 Å². The van der Waals surface area contributed by atoms with Crippen LogP contribution in [0, 0.1) is 25.2 Å². The average Bonchev–Trinajstić information content (AvgIpc) is 3.17. The van der Waals surface area contributed by atoms with Crippen molar-refractivity contribution in [3.63, 3.8) is 0 Å². The highest BCUT2D eigenvalue weighted by molar-refractivity contribution is 6.05. The molecule has 0 aliphatic carbocycles. The summed E-state index contributed by atoms with van der Waals surface area (Å²) in [5.74, 6) is 2.53. The Morgan fingerprint density at radius 1 is 1.06 bits per heavy atom. The molecule has 0 spiro atoms. The molecule has 0 radical (unpaired) electrons. The second kappa shape index (κ2) is 7.10. The molecule has 166 valence electrons. The molecular weight excluding hydrogens is 394 g/mol. The molecule has 2 aromatic heterocycles. The van der Waals surface area contributed by atoms with Crippen LogP contribution in [0.2, 0.25) is 0 Å². The van der Waals surface area contributed by atoms with Crippen LogP contribution in [-0.2, 0) is 19.9 Å². The number of aryl methyl sites for hydroxylation is 2. The molecule has 32 heavy (non-hydrogen) atoms. The van der Waals surface area contributed by atoms with Gasteiger partial charge in [-0.15, -0.1) is 0 Å². The first-order chi connectivity index (χ1) is 15.0. The van der Waals surface area contributed by atoms with Gasteiger partial charge in [-0.25, -0.2) is 0 Å². The van der Waals surface area contributed by atoms with Gasteiger partial charge in [0.2, 0.25) is 11.3 Å². The number of hydrogen-bond donors (Lipinski definition) is 0. The van der Waals surface area contributed by atoms with Gasteiger partial charge in [0.25, 0.3) is 11.2 Å². The van der Waals surface area contributed by atoms with Crippen molar-refractivity contribution in [3.8, 4) is 22.8 Å². The summed E-state index contributed by atoms with van der Waals surface area (Å²) in [7, 11) is 2.13. The third-order valence-corrected chi connectivity index (χ3v) is 6.69. The molecule has 0 atom stereocenters. The summed E-state index contributed by atoms with van der Waals surface area (Å²) in [4.78, 5) is 0.